The van der Waals surface area contributed by atoms with Gasteiger partial charge in [0.1, 0.15) is 11.6 Å². The van der Waals surface area contributed by atoms with Crippen molar-refractivity contribution in [3.05, 3.63) is 88.5 Å². The average molecular weight is 699 g/mol. The van der Waals surface area contributed by atoms with E-state index in [0.29, 0.717) is 39.0 Å². The van der Waals surface area contributed by atoms with Gasteiger partial charge in [-0.1, -0.05) is 55.5 Å². The van der Waals surface area contributed by atoms with Gasteiger partial charge in [0.15, 0.2) is 0 Å². The Kier molecular flexibility index (Phi) is 7.54. The monoisotopic (exact) mass is 698 g/mol. The summed E-state index contributed by atoms with van der Waals surface area (Å²) in [6.07, 6.45) is 12.8. The quantitative estimate of drug-likeness (QED) is 0.232. The molecule has 0 bridgehead atoms. The Labute approximate surface area is 232 Å². The van der Waals surface area contributed by atoms with Gasteiger partial charge >= 0.3 is 21.1 Å². The second-order valence-corrected chi connectivity index (χ2v) is 8.57. The fourth-order valence-electron chi connectivity index (χ4n) is 3.74. The largest absolute Gasteiger partial charge is 2.00 e. The van der Waals surface area contributed by atoms with Crippen LogP contribution in [0.15, 0.2) is 43.0 Å². The summed E-state index contributed by atoms with van der Waals surface area (Å²) in [6.45, 7) is 7.49. The molecule has 184 valence electrons. The zero-order valence-electron chi connectivity index (χ0n) is 19.6. The Morgan fingerprint density at radius 3 is 1.53 bits per heavy atom. The molecule has 36 heavy (non-hydrogen) atoms. The maximum absolute atomic E-state index is 6.63. The van der Waals surface area contributed by atoms with Crippen LogP contribution in [-0.2, 0) is 21.1 Å². The van der Waals surface area contributed by atoms with E-state index in [1.54, 1.807) is 57.0 Å². The molecule has 0 unspecified atom stereocenters. The van der Waals surface area contributed by atoms with Crippen molar-refractivity contribution in [3.63, 3.8) is 0 Å². The number of imidazole rings is 2. The van der Waals surface area contributed by atoms with Crippen LogP contribution in [0.4, 0.5) is 17.3 Å². The molecule has 9 nitrogen and oxygen atoms in total. The summed E-state index contributed by atoms with van der Waals surface area (Å²) in [5.41, 5.74) is 2.00. The topological polar surface area (TPSA) is 90.4 Å². The van der Waals surface area contributed by atoms with Crippen LogP contribution >= 0.6 is 23.2 Å². The fraction of sp³-hybridized carbons (Fsp3) is 0.167. The first-order chi connectivity index (χ1) is 16.8. The predicted octanol–water partition coefficient (Wildman–Crippen LogP) is 5.25. The summed E-state index contributed by atoms with van der Waals surface area (Å²) in [4.78, 5) is 29.0. The van der Waals surface area contributed by atoms with Gasteiger partial charge in [-0.15, -0.1) is 0 Å². The second kappa shape index (κ2) is 10.5. The molecule has 12 heteroatoms. The summed E-state index contributed by atoms with van der Waals surface area (Å²) in [5.74, 6) is 3.41. The molecule has 0 aliphatic carbocycles. The third-order valence-electron chi connectivity index (χ3n) is 5.15. The Bertz CT molecular complexity index is 1440. The number of halogens is 2. The number of aromatic nitrogens is 8. The third-order valence-corrected chi connectivity index (χ3v) is 5.76. The molecule has 0 fully saturated rings. The molecule has 5 aromatic rings. The van der Waals surface area contributed by atoms with E-state index in [1.807, 2.05) is 27.7 Å². The molecule has 0 saturated heterocycles. The Morgan fingerprint density at radius 1 is 0.694 bits per heavy atom. The van der Waals surface area contributed by atoms with Gasteiger partial charge in [-0.3, -0.25) is 24.8 Å². The van der Waals surface area contributed by atoms with E-state index in [2.05, 4.69) is 32.3 Å². The van der Waals surface area contributed by atoms with Gasteiger partial charge in [-0.05, 0) is 37.4 Å². The van der Waals surface area contributed by atoms with Gasteiger partial charge in [0, 0.05) is 35.7 Å². The van der Waals surface area contributed by atoms with Crippen LogP contribution in [-0.4, -0.2) is 39.0 Å². The van der Waals surface area contributed by atoms with E-state index in [9.17, 15) is 0 Å². The van der Waals surface area contributed by atoms with E-state index in [0.717, 1.165) is 23.0 Å². The summed E-state index contributed by atoms with van der Waals surface area (Å²) < 4.78 is 3.49. The van der Waals surface area contributed by atoms with Crippen LogP contribution < -0.4 is 4.90 Å². The molecule has 1 aromatic carbocycles. The Balaban J connectivity index is 0.00000304. The second-order valence-electron chi connectivity index (χ2n) is 7.76. The molecular formula is C24H19Cl2N9Pt. The average Bonchev–Trinajstić information content (AvgIpc) is 3.35. The van der Waals surface area contributed by atoms with Crippen molar-refractivity contribution in [2.45, 2.75) is 27.7 Å². The molecule has 0 aliphatic heterocycles. The maximum atomic E-state index is 6.63. The van der Waals surface area contributed by atoms with E-state index in [4.69, 9.17) is 33.2 Å². The first kappa shape index (κ1) is 25.9. The van der Waals surface area contributed by atoms with Crippen LogP contribution in [0.1, 0.15) is 23.0 Å². The molecule has 5 rings (SSSR count). The first-order valence-corrected chi connectivity index (χ1v) is 11.4. The Hall–Kier alpha value is -3.13. The zero-order valence-corrected chi connectivity index (χ0v) is 23.4. The molecule has 0 atom stereocenters. The van der Waals surface area contributed by atoms with Crippen molar-refractivity contribution in [1.82, 2.24) is 39.0 Å². The van der Waals surface area contributed by atoms with Crippen LogP contribution in [0.3, 0.4) is 0 Å². The van der Waals surface area contributed by atoms with Gasteiger partial charge in [-0.2, -0.15) is 0 Å². The van der Waals surface area contributed by atoms with E-state index < -0.39 is 0 Å². The van der Waals surface area contributed by atoms with E-state index in [-0.39, 0.29) is 21.1 Å². The van der Waals surface area contributed by atoms with Gasteiger partial charge in [0.2, 0.25) is 0 Å². The van der Waals surface area contributed by atoms with Crippen LogP contribution in [0.2, 0.25) is 10.0 Å². The normalized spacial score (nSPS) is 10.8. The number of anilines is 3. The Morgan fingerprint density at radius 2 is 1.14 bits per heavy atom. The van der Waals surface area contributed by atoms with Crippen LogP contribution in [0.25, 0.3) is 11.6 Å². The molecule has 4 heterocycles. The molecular weight excluding hydrogens is 680 g/mol. The minimum Gasteiger partial charge on any atom is -0.449 e. The standard InChI is InChI=1S/C24H19Cl2N9.Pt/c1-14-12-33(16(3)29-14)20-8-27-10-22(31-20)35(24-18(25)6-5-7-19(24)26)23-11-28-9-21(32-23)34-13-15(2)30-17(34)4;/h5-11H,1-4H3;/q-2;+2. The summed E-state index contributed by atoms with van der Waals surface area (Å²) in [5, 5.41) is 0.832. The summed E-state index contributed by atoms with van der Waals surface area (Å²) in [7, 11) is 0. The third kappa shape index (κ3) is 4.91. The van der Waals surface area contributed by atoms with Gasteiger partial charge in [0.05, 0.1) is 28.1 Å². The number of benzene rings is 1. The zero-order chi connectivity index (χ0) is 24.7. The number of para-hydroxylation sites is 1. The summed E-state index contributed by atoms with van der Waals surface area (Å²) in [6, 6.07) is 5.27. The fourth-order valence-corrected chi connectivity index (χ4v) is 4.30. The molecule has 4 aromatic heterocycles. The predicted molar refractivity (Wildman–Crippen MR) is 133 cm³/mol. The molecule has 0 saturated carbocycles. The number of rotatable bonds is 5. The van der Waals surface area contributed by atoms with Gasteiger partial charge < -0.3 is 19.1 Å². The van der Waals surface area contributed by atoms with Crippen LogP contribution in [0.5, 0.6) is 0 Å². The van der Waals surface area contributed by atoms with Crippen molar-refractivity contribution >= 4 is 40.5 Å². The molecule has 0 N–H and O–H groups in total. The maximum Gasteiger partial charge on any atom is 2.00 e. The molecule has 0 amide bonds. The van der Waals surface area contributed by atoms with Crippen molar-refractivity contribution in [3.8, 4) is 11.6 Å². The van der Waals surface area contributed by atoms with Crippen molar-refractivity contribution in [2.24, 2.45) is 0 Å². The summed E-state index contributed by atoms with van der Waals surface area (Å²) >= 11 is 13.3. The van der Waals surface area contributed by atoms with Crippen molar-refractivity contribution in [1.29, 1.82) is 0 Å². The van der Waals surface area contributed by atoms with Crippen molar-refractivity contribution in [2.75, 3.05) is 4.90 Å². The SMILES string of the molecule is Cc1[c-]n(-c2cncc(N(c3cncc(-n4[c-]c(C)nc4C)n3)c3c(Cl)cccc3Cl)n2)c(C)n1.[Pt+2]. The van der Waals surface area contributed by atoms with Gasteiger partial charge in [-0.25, -0.2) is 0 Å². The number of aryl methyl sites for hydroxylation is 4. The van der Waals surface area contributed by atoms with E-state index in [1.165, 1.54) is 0 Å². The van der Waals surface area contributed by atoms with Crippen LogP contribution in [0, 0.1) is 40.1 Å². The smallest absolute Gasteiger partial charge is 0.449 e. The van der Waals surface area contributed by atoms with Gasteiger partial charge in [0.25, 0.3) is 0 Å². The molecule has 0 radical (unpaired) electrons. The molecule has 0 spiro atoms. The number of hydrogen-bond acceptors (Lipinski definition) is 7. The minimum atomic E-state index is 0. The molecule has 0 aliphatic rings. The number of nitrogens with zero attached hydrogens (tertiary/aromatic N) is 9. The number of hydrogen-bond donors (Lipinski definition) is 0. The first-order valence-electron chi connectivity index (χ1n) is 10.6. The van der Waals surface area contributed by atoms with E-state index >= 15 is 0 Å². The minimum absolute atomic E-state index is 0. The van der Waals surface area contributed by atoms with Crippen molar-refractivity contribution < 1.29 is 21.1 Å².